The van der Waals surface area contributed by atoms with E-state index in [9.17, 15) is 5.11 Å². The van der Waals surface area contributed by atoms with Crippen LogP contribution in [0, 0.1) is 28.6 Å². The summed E-state index contributed by atoms with van der Waals surface area (Å²) in [6, 6.07) is 3.81. The monoisotopic (exact) mass is 406 g/mol. The second kappa shape index (κ2) is 7.64. The Bertz CT molecular complexity index is 896. The van der Waals surface area contributed by atoms with Crippen LogP contribution in [0.25, 0.3) is 6.08 Å². The molecule has 4 aliphatic carbocycles. The van der Waals surface area contributed by atoms with Crippen LogP contribution in [0.4, 0.5) is 0 Å². The maximum atomic E-state index is 10.2. The first-order valence-electron chi connectivity index (χ1n) is 11.7. The van der Waals surface area contributed by atoms with Crippen molar-refractivity contribution in [3.05, 3.63) is 41.9 Å². The summed E-state index contributed by atoms with van der Waals surface area (Å²) in [5, 5.41) is 19.3. The molecule has 1 aromatic heterocycles. The number of nitrogens with zero attached hydrogens (tertiary/aromatic N) is 2. The van der Waals surface area contributed by atoms with Gasteiger partial charge in [0.2, 0.25) is 0 Å². The van der Waals surface area contributed by atoms with E-state index >= 15 is 0 Å². The highest BCUT2D eigenvalue weighted by Crippen LogP contribution is 2.64. The fourth-order valence-corrected chi connectivity index (χ4v) is 7.26. The van der Waals surface area contributed by atoms with Gasteiger partial charge in [0.25, 0.3) is 0 Å². The van der Waals surface area contributed by atoms with E-state index in [0.29, 0.717) is 11.3 Å². The molecule has 1 aromatic rings. The Morgan fingerprint density at radius 1 is 1.13 bits per heavy atom. The molecule has 4 heteroatoms. The van der Waals surface area contributed by atoms with E-state index in [2.05, 4.69) is 25.0 Å². The third-order valence-corrected chi connectivity index (χ3v) is 8.95. The van der Waals surface area contributed by atoms with Crippen molar-refractivity contribution in [2.75, 3.05) is 0 Å². The third kappa shape index (κ3) is 3.24. The lowest BCUT2D eigenvalue weighted by molar-refractivity contribution is -0.0209. The van der Waals surface area contributed by atoms with Gasteiger partial charge in [-0.25, -0.2) is 0 Å². The molecule has 0 radical (unpaired) electrons. The van der Waals surface area contributed by atoms with Gasteiger partial charge in [0, 0.05) is 17.3 Å². The van der Waals surface area contributed by atoms with Crippen LogP contribution >= 0.6 is 0 Å². The molecule has 5 rings (SSSR count). The van der Waals surface area contributed by atoms with E-state index in [1.165, 1.54) is 31.4 Å². The molecular weight excluding hydrogens is 372 g/mol. The molecule has 1 N–H and O–H groups in total. The Balaban J connectivity index is 1.33. The molecule has 0 amide bonds. The summed E-state index contributed by atoms with van der Waals surface area (Å²) in [5.74, 6) is 3.06. The zero-order chi connectivity index (χ0) is 20.8. The molecule has 0 aliphatic heterocycles. The first-order valence-corrected chi connectivity index (χ1v) is 11.7. The Labute approximate surface area is 179 Å². The lowest BCUT2D eigenvalue weighted by Crippen LogP contribution is -2.50. The van der Waals surface area contributed by atoms with Crippen molar-refractivity contribution < 1.29 is 9.52 Å². The van der Waals surface area contributed by atoms with Gasteiger partial charge < -0.3 is 9.52 Å². The molecule has 0 unspecified atom stereocenters. The third-order valence-electron chi connectivity index (χ3n) is 8.95. The molecule has 3 saturated carbocycles. The van der Waals surface area contributed by atoms with Gasteiger partial charge >= 0.3 is 0 Å². The van der Waals surface area contributed by atoms with Crippen molar-refractivity contribution in [3.8, 4) is 0 Å². The molecule has 6 atom stereocenters. The van der Waals surface area contributed by atoms with Crippen LogP contribution in [-0.2, 0) is 0 Å². The topological polar surface area (TPSA) is 58.1 Å². The summed E-state index contributed by atoms with van der Waals surface area (Å²) >= 11 is 0. The van der Waals surface area contributed by atoms with Crippen molar-refractivity contribution in [3.63, 3.8) is 0 Å². The van der Waals surface area contributed by atoms with Crippen LogP contribution in [0.2, 0.25) is 0 Å². The molecule has 3 fully saturated rings. The summed E-state index contributed by atoms with van der Waals surface area (Å²) in [6.07, 6.45) is 18.6. The van der Waals surface area contributed by atoms with Gasteiger partial charge in [0.1, 0.15) is 5.76 Å². The van der Waals surface area contributed by atoms with E-state index in [0.717, 1.165) is 43.3 Å². The second-order valence-corrected chi connectivity index (χ2v) is 10.3. The molecule has 0 saturated heterocycles. The smallest absolute Gasteiger partial charge is 0.126 e. The molecule has 1 heterocycles. The zero-order valence-corrected chi connectivity index (χ0v) is 18.3. The van der Waals surface area contributed by atoms with Crippen LogP contribution in [0.5, 0.6) is 0 Å². The molecular formula is C26H34N2O2. The highest BCUT2D eigenvalue weighted by atomic mass is 16.3. The largest absolute Gasteiger partial charge is 0.465 e. The molecule has 4 aliphatic rings. The first kappa shape index (κ1) is 20.0. The quantitative estimate of drug-likeness (QED) is 0.378. The van der Waals surface area contributed by atoms with Gasteiger partial charge in [-0.05, 0) is 98.8 Å². The maximum Gasteiger partial charge on any atom is 0.126 e. The summed E-state index contributed by atoms with van der Waals surface area (Å²) in [5.41, 5.74) is 3.34. The highest BCUT2D eigenvalue weighted by molar-refractivity contribution is 5.93. The van der Waals surface area contributed by atoms with Crippen LogP contribution in [0.15, 0.2) is 50.7 Å². The Morgan fingerprint density at radius 3 is 2.80 bits per heavy atom. The summed E-state index contributed by atoms with van der Waals surface area (Å²) in [7, 11) is 0. The number of allylic oxidation sites excluding steroid dienone is 2. The number of aliphatic hydroxyl groups is 1. The minimum Gasteiger partial charge on any atom is -0.465 e. The normalized spacial score (nSPS) is 42.4. The van der Waals surface area contributed by atoms with Gasteiger partial charge in [-0.1, -0.05) is 25.5 Å². The molecule has 0 bridgehead atoms. The van der Waals surface area contributed by atoms with Gasteiger partial charge in [0.15, 0.2) is 0 Å². The van der Waals surface area contributed by atoms with E-state index in [1.54, 1.807) is 18.1 Å². The molecule has 30 heavy (non-hydrogen) atoms. The van der Waals surface area contributed by atoms with Crippen molar-refractivity contribution in [1.82, 2.24) is 0 Å². The van der Waals surface area contributed by atoms with Crippen LogP contribution in [0.1, 0.15) is 71.0 Å². The number of furan rings is 1. The Morgan fingerprint density at radius 2 is 1.97 bits per heavy atom. The number of rotatable bonds is 3. The molecule has 4 nitrogen and oxygen atoms in total. The molecule has 0 spiro atoms. The van der Waals surface area contributed by atoms with Gasteiger partial charge in [-0.3, -0.25) is 0 Å². The lowest BCUT2D eigenvalue weighted by atomic mass is 9.48. The van der Waals surface area contributed by atoms with Crippen LogP contribution in [0.3, 0.4) is 0 Å². The Kier molecular flexibility index (Phi) is 5.09. The predicted molar refractivity (Wildman–Crippen MR) is 121 cm³/mol. The minimum absolute atomic E-state index is 0.125. The van der Waals surface area contributed by atoms with Gasteiger partial charge in [0.05, 0.1) is 12.4 Å². The van der Waals surface area contributed by atoms with Gasteiger partial charge in [-0.15, -0.1) is 0 Å². The van der Waals surface area contributed by atoms with Crippen LogP contribution in [-0.4, -0.2) is 23.1 Å². The predicted octanol–water partition coefficient (Wildman–Crippen LogP) is 6.04. The average molecular weight is 407 g/mol. The number of hydrogen-bond donors (Lipinski definition) is 1. The maximum absolute atomic E-state index is 10.2. The fraction of sp³-hybridized carbons (Fsp3) is 0.615. The van der Waals surface area contributed by atoms with E-state index in [-0.39, 0.29) is 11.5 Å². The standard InChI is InChI=1S/C26H34N2O2/c1-25-13-11-19(29)17-18(25)7-8-21-22-9-10-24(26(22,2)14-12-23(21)25)28-27-15-3-5-20-6-4-16-30-20/h3-7,15-16,19,21-23,29H,8-14,17H2,1-2H3/b5-3+,27-15-,28-24-/t19-,21+,22+,23+,25-,26+/m0/s1. The molecule has 160 valence electrons. The van der Waals surface area contributed by atoms with Crippen LogP contribution < -0.4 is 0 Å². The minimum atomic E-state index is -0.125. The SMILES string of the molecule is C[C@]12CC[C@H](O)CC1=CC[C@H]1[C@H]2CC[C@@]2(C)\C(=N/N=C\C=C\c3ccco3)CC[C@H]12. The highest BCUT2D eigenvalue weighted by Gasteiger charge is 2.57. The van der Waals surface area contributed by atoms with Gasteiger partial charge in [-0.2, -0.15) is 10.2 Å². The number of aliphatic hydroxyl groups excluding tert-OH is 1. The van der Waals surface area contributed by atoms with E-state index in [1.807, 2.05) is 24.3 Å². The molecule has 0 aromatic carbocycles. The van der Waals surface area contributed by atoms with E-state index < -0.39 is 0 Å². The first-order chi connectivity index (χ1) is 14.5. The summed E-state index contributed by atoms with van der Waals surface area (Å²) in [6.45, 7) is 4.93. The van der Waals surface area contributed by atoms with E-state index in [4.69, 9.17) is 9.52 Å². The van der Waals surface area contributed by atoms with Crippen molar-refractivity contribution >= 4 is 18.0 Å². The number of hydrogen-bond acceptors (Lipinski definition) is 4. The van der Waals surface area contributed by atoms with Crippen molar-refractivity contribution in [2.45, 2.75) is 71.3 Å². The average Bonchev–Trinajstić information content (AvgIpc) is 3.36. The Hall–Kier alpha value is -1.94. The summed E-state index contributed by atoms with van der Waals surface area (Å²) < 4.78 is 5.30. The fourth-order valence-electron chi connectivity index (χ4n) is 7.26. The second-order valence-electron chi connectivity index (χ2n) is 10.3. The summed E-state index contributed by atoms with van der Waals surface area (Å²) in [4.78, 5) is 0. The number of fused-ring (bicyclic) bond motifs is 5. The van der Waals surface area contributed by atoms with Crippen molar-refractivity contribution in [1.29, 1.82) is 0 Å². The van der Waals surface area contributed by atoms with Crippen molar-refractivity contribution in [2.24, 2.45) is 38.8 Å². The zero-order valence-electron chi connectivity index (χ0n) is 18.3. The lowest BCUT2D eigenvalue weighted by Gasteiger charge is -2.57.